The second-order valence-electron chi connectivity index (χ2n) is 3.64. The summed E-state index contributed by atoms with van der Waals surface area (Å²) < 4.78 is 15.4. The zero-order valence-corrected chi connectivity index (χ0v) is 9.98. The second kappa shape index (κ2) is 4.37. The van der Waals surface area contributed by atoms with Gasteiger partial charge in [-0.1, -0.05) is 5.16 Å². The summed E-state index contributed by atoms with van der Waals surface area (Å²) in [5.74, 6) is 1.66. The molecule has 0 saturated carbocycles. The number of nitrogens with zero attached hydrogens (tertiary/aromatic N) is 1. The minimum Gasteiger partial charge on any atom is -0.493 e. The Morgan fingerprint density at radius 1 is 1.18 bits per heavy atom. The molecular weight excluding hydrogens is 220 g/mol. The van der Waals surface area contributed by atoms with E-state index in [-0.39, 0.29) is 5.88 Å². The maximum Gasteiger partial charge on any atom is 0.222 e. The van der Waals surface area contributed by atoms with Gasteiger partial charge in [-0.3, -0.25) is 0 Å². The molecule has 1 aromatic carbocycles. The van der Waals surface area contributed by atoms with E-state index in [1.54, 1.807) is 20.3 Å². The standard InChI is InChI=1S/C12H14N2O3/c1-7-4-8(9-6-11(13)17-14-9)5-10(15-2)12(7)16-3/h4-6H,13H2,1-3H3. The first-order chi connectivity index (χ1) is 8.15. The molecule has 5 nitrogen and oxygen atoms in total. The Labute approximate surface area is 99.1 Å². The lowest BCUT2D eigenvalue weighted by Crippen LogP contribution is -1.94. The third-order valence-electron chi connectivity index (χ3n) is 2.49. The molecule has 2 N–H and O–H groups in total. The number of aromatic nitrogens is 1. The average molecular weight is 234 g/mol. The first-order valence-electron chi connectivity index (χ1n) is 5.11. The van der Waals surface area contributed by atoms with Crippen LogP contribution in [0.25, 0.3) is 11.3 Å². The zero-order valence-electron chi connectivity index (χ0n) is 9.98. The lowest BCUT2D eigenvalue weighted by atomic mass is 10.1. The van der Waals surface area contributed by atoms with Crippen LogP contribution < -0.4 is 15.2 Å². The average Bonchev–Trinajstić information content (AvgIpc) is 2.74. The second-order valence-corrected chi connectivity index (χ2v) is 3.64. The predicted molar refractivity (Wildman–Crippen MR) is 64.2 cm³/mol. The van der Waals surface area contributed by atoms with Crippen LogP contribution in [0.15, 0.2) is 22.7 Å². The van der Waals surface area contributed by atoms with Crippen molar-refractivity contribution in [2.75, 3.05) is 20.0 Å². The molecule has 0 bridgehead atoms. The monoisotopic (exact) mass is 234 g/mol. The molecule has 1 heterocycles. The Morgan fingerprint density at radius 3 is 2.47 bits per heavy atom. The number of nitrogen functional groups attached to an aromatic ring is 1. The zero-order chi connectivity index (χ0) is 12.4. The van der Waals surface area contributed by atoms with Crippen molar-refractivity contribution >= 4 is 5.88 Å². The number of nitrogens with two attached hydrogens (primary N) is 1. The molecule has 2 rings (SSSR count). The predicted octanol–water partition coefficient (Wildman–Crippen LogP) is 2.25. The number of anilines is 1. The smallest absolute Gasteiger partial charge is 0.222 e. The van der Waals surface area contributed by atoms with E-state index in [2.05, 4.69) is 5.16 Å². The van der Waals surface area contributed by atoms with Crippen LogP contribution in [0.1, 0.15) is 5.56 Å². The summed E-state index contributed by atoms with van der Waals surface area (Å²) in [5.41, 5.74) is 8.01. The van der Waals surface area contributed by atoms with E-state index in [4.69, 9.17) is 19.7 Å². The Hall–Kier alpha value is -2.17. The summed E-state index contributed by atoms with van der Waals surface area (Å²) >= 11 is 0. The van der Waals surface area contributed by atoms with Crippen LogP contribution >= 0.6 is 0 Å². The first-order valence-corrected chi connectivity index (χ1v) is 5.11. The van der Waals surface area contributed by atoms with Gasteiger partial charge in [0.1, 0.15) is 5.69 Å². The Balaban J connectivity index is 2.53. The minimum atomic E-state index is 0.285. The summed E-state index contributed by atoms with van der Waals surface area (Å²) in [7, 11) is 3.21. The normalized spacial score (nSPS) is 10.3. The number of rotatable bonds is 3. The molecule has 0 radical (unpaired) electrons. The summed E-state index contributed by atoms with van der Waals surface area (Å²) in [6, 6.07) is 5.45. The van der Waals surface area contributed by atoms with Crippen molar-refractivity contribution in [1.82, 2.24) is 5.16 Å². The molecule has 0 aliphatic rings. The van der Waals surface area contributed by atoms with E-state index < -0.39 is 0 Å². The molecule has 1 aromatic heterocycles. The van der Waals surface area contributed by atoms with Gasteiger partial charge in [-0.05, 0) is 24.6 Å². The van der Waals surface area contributed by atoms with Gasteiger partial charge in [0.05, 0.1) is 14.2 Å². The summed E-state index contributed by atoms with van der Waals surface area (Å²) in [5, 5.41) is 3.86. The number of hydrogen-bond donors (Lipinski definition) is 1. The highest BCUT2D eigenvalue weighted by molar-refractivity contribution is 5.67. The van der Waals surface area contributed by atoms with Crippen molar-refractivity contribution in [3.8, 4) is 22.8 Å². The Morgan fingerprint density at radius 2 is 1.94 bits per heavy atom. The fraction of sp³-hybridized carbons (Fsp3) is 0.250. The van der Waals surface area contributed by atoms with E-state index in [0.717, 1.165) is 11.1 Å². The van der Waals surface area contributed by atoms with Crippen LogP contribution in [0.3, 0.4) is 0 Å². The molecule has 17 heavy (non-hydrogen) atoms. The van der Waals surface area contributed by atoms with Crippen LogP contribution in [0, 0.1) is 6.92 Å². The van der Waals surface area contributed by atoms with Gasteiger partial charge in [0.15, 0.2) is 11.5 Å². The van der Waals surface area contributed by atoms with Crippen LogP contribution in [-0.4, -0.2) is 19.4 Å². The lowest BCUT2D eigenvalue weighted by molar-refractivity contribution is 0.353. The third-order valence-corrected chi connectivity index (χ3v) is 2.49. The number of aryl methyl sites for hydroxylation is 1. The van der Waals surface area contributed by atoms with Crippen LogP contribution in [-0.2, 0) is 0 Å². The maximum absolute atomic E-state index is 5.50. The van der Waals surface area contributed by atoms with Crippen molar-refractivity contribution in [2.24, 2.45) is 0 Å². The van der Waals surface area contributed by atoms with Crippen molar-refractivity contribution < 1.29 is 14.0 Å². The molecule has 0 atom stereocenters. The quantitative estimate of drug-likeness (QED) is 0.881. The SMILES string of the molecule is COc1cc(-c2cc(N)on2)cc(C)c1OC. The van der Waals surface area contributed by atoms with Gasteiger partial charge >= 0.3 is 0 Å². The van der Waals surface area contributed by atoms with E-state index >= 15 is 0 Å². The van der Waals surface area contributed by atoms with Crippen LogP contribution in [0.4, 0.5) is 5.88 Å². The van der Waals surface area contributed by atoms with Crippen molar-refractivity contribution in [3.05, 3.63) is 23.8 Å². The summed E-state index contributed by atoms with van der Waals surface area (Å²) in [4.78, 5) is 0. The molecule has 0 saturated heterocycles. The largest absolute Gasteiger partial charge is 0.493 e. The molecule has 0 aliphatic carbocycles. The van der Waals surface area contributed by atoms with E-state index in [0.29, 0.717) is 17.2 Å². The number of benzene rings is 1. The number of hydrogen-bond acceptors (Lipinski definition) is 5. The molecule has 90 valence electrons. The van der Waals surface area contributed by atoms with Gasteiger partial charge in [-0.15, -0.1) is 0 Å². The molecule has 5 heteroatoms. The van der Waals surface area contributed by atoms with Gasteiger partial charge in [0.25, 0.3) is 0 Å². The molecule has 0 spiro atoms. The minimum absolute atomic E-state index is 0.285. The summed E-state index contributed by atoms with van der Waals surface area (Å²) in [6.45, 7) is 1.94. The molecule has 0 amide bonds. The molecule has 0 aliphatic heterocycles. The first kappa shape index (κ1) is 11.3. The van der Waals surface area contributed by atoms with Crippen LogP contribution in [0.2, 0.25) is 0 Å². The fourth-order valence-corrected chi connectivity index (χ4v) is 1.73. The van der Waals surface area contributed by atoms with E-state index in [1.807, 2.05) is 19.1 Å². The molecule has 0 unspecified atom stereocenters. The van der Waals surface area contributed by atoms with E-state index in [9.17, 15) is 0 Å². The molecule has 0 fully saturated rings. The van der Waals surface area contributed by atoms with Crippen molar-refractivity contribution in [1.29, 1.82) is 0 Å². The molecule has 2 aromatic rings. The van der Waals surface area contributed by atoms with Crippen LogP contribution in [0.5, 0.6) is 11.5 Å². The fourth-order valence-electron chi connectivity index (χ4n) is 1.73. The van der Waals surface area contributed by atoms with Gasteiger partial charge in [0, 0.05) is 11.6 Å². The highest BCUT2D eigenvalue weighted by Crippen LogP contribution is 2.35. The summed E-state index contributed by atoms with van der Waals surface area (Å²) in [6.07, 6.45) is 0. The third kappa shape index (κ3) is 2.04. The van der Waals surface area contributed by atoms with Gasteiger partial charge in [-0.25, -0.2) is 0 Å². The maximum atomic E-state index is 5.50. The lowest BCUT2D eigenvalue weighted by Gasteiger charge is -2.11. The molecular formula is C12H14N2O3. The van der Waals surface area contributed by atoms with Crippen molar-refractivity contribution in [2.45, 2.75) is 6.92 Å². The van der Waals surface area contributed by atoms with E-state index in [1.165, 1.54) is 0 Å². The topological polar surface area (TPSA) is 70.5 Å². The van der Waals surface area contributed by atoms with Gasteiger partial charge in [-0.2, -0.15) is 0 Å². The Kier molecular flexibility index (Phi) is 2.91. The number of methoxy groups -OCH3 is 2. The number of ether oxygens (including phenoxy) is 2. The van der Waals surface area contributed by atoms with Gasteiger partial charge in [0.2, 0.25) is 5.88 Å². The highest BCUT2D eigenvalue weighted by Gasteiger charge is 2.12. The van der Waals surface area contributed by atoms with Crippen molar-refractivity contribution in [3.63, 3.8) is 0 Å². The highest BCUT2D eigenvalue weighted by atomic mass is 16.5. The Bertz CT molecular complexity index is 535. The van der Waals surface area contributed by atoms with Gasteiger partial charge < -0.3 is 19.7 Å².